The van der Waals surface area contributed by atoms with Crippen LogP contribution in [0.2, 0.25) is 0 Å². The van der Waals surface area contributed by atoms with E-state index in [1.54, 1.807) is 18.6 Å². The van der Waals surface area contributed by atoms with Gasteiger partial charge in [0.1, 0.15) is 19.0 Å². The summed E-state index contributed by atoms with van der Waals surface area (Å²) in [4.78, 5) is 25.7. The zero-order chi connectivity index (χ0) is 20.9. The van der Waals surface area contributed by atoms with Gasteiger partial charge < -0.3 is 19.7 Å². The van der Waals surface area contributed by atoms with Crippen LogP contribution in [0.15, 0.2) is 36.8 Å². The van der Waals surface area contributed by atoms with Gasteiger partial charge >= 0.3 is 0 Å². The van der Waals surface area contributed by atoms with Crippen molar-refractivity contribution < 1.29 is 14.3 Å². The Morgan fingerprint density at radius 3 is 2.57 bits per heavy atom. The third kappa shape index (κ3) is 4.81. The predicted octanol–water partition coefficient (Wildman–Crippen LogP) is 1.88. The number of rotatable bonds is 6. The first-order valence-electron chi connectivity index (χ1n) is 10.5. The Hall–Kier alpha value is -2.87. The smallest absolute Gasteiger partial charge is 0.234 e. The highest BCUT2D eigenvalue weighted by atomic mass is 16.6. The lowest BCUT2D eigenvalue weighted by Crippen LogP contribution is -2.50. The maximum absolute atomic E-state index is 12.8. The normalized spacial score (nSPS) is 17.6. The largest absolute Gasteiger partial charge is 0.486 e. The molecule has 4 rings (SSSR count). The number of aromatic nitrogens is 2. The topological polar surface area (TPSA) is 79.8 Å². The molecule has 1 unspecified atom stereocenters. The van der Waals surface area contributed by atoms with E-state index in [1.807, 2.05) is 18.2 Å². The van der Waals surface area contributed by atoms with Gasteiger partial charge in [0.2, 0.25) is 5.91 Å². The number of amides is 1. The zero-order valence-electron chi connectivity index (χ0n) is 17.6. The van der Waals surface area contributed by atoms with Crippen molar-refractivity contribution in [3.63, 3.8) is 0 Å². The van der Waals surface area contributed by atoms with Crippen molar-refractivity contribution in [1.29, 1.82) is 0 Å². The Kier molecular flexibility index (Phi) is 6.32. The highest BCUT2D eigenvalue weighted by Gasteiger charge is 2.24. The number of nitrogens with one attached hydrogen (secondary N) is 1. The fourth-order valence-electron chi connectivity index (χ4n) is 3.90. The van der Waals surface area contributed by atoms with Crippen LogP contribution in [0.3, 0.4) is 0 Å². The van der Waals surface area contributed by atoms with Gasteiger partial charge in [-0.15, -0.1) is 0 Å². The predicted molar refractivity (Wildman–Crippen MR) is 114 cm³/mol. The second-order valence-electron chi connectivity index (χ2n) is 8.02. The molecule has 3 heterocycles. The van der Waals surface area contributed by atoms with E-state index in [4.69, 9.17) is 9.47 Å². The minimum Gasteiger partial charge on any atom is -0.486 e. The molecule has 1 aromatic carbocycles. The molecule has 2 aliphatic rings. The SMILES string of the molecule is CC(C)C(NC(=O)CN1CCN(c2cnccn2)CC1)c1ccc2c(c1)OCCO2. The number of anilines is 1. The van der Waals surface area contributed by atoms with E-state index < -0.39 is 0 Å². The second kappa shape index (κ2) is 9.30. The van der Waals surface area contributed by atoms with Crippen LogP contribution in [-0.2, 0) is 4.79 Å². The zero-order valence-corrected chi connectivity index (χ0v) is 17.6. The number of benzene rings is 1. The summed E-state index contributed by atoms with van der Waals surface area (Å²) in [7, 11) is 0. The summed E-state index contributed by atoms with van der Waals surface area (Å²) in [6, 6.07) is 5.85. The number of ether oxygens (including phenoxy) is 2. The van der Waals surface area contributed by atoms with Gasteiger partial charge in [-0.25, -0.2) is 4.98 Å². The third-order valence-electron chi connectivity index (χ3n) is 5.52. The maximum Gasteiger partial charge on any atom is 0.234 e. The lowest BCUT2D eigenvalue weighted by atomic mass is 9.95. The molecule has 0 bridgehead atoms. The Morgan fingerprint density at radius 2 is 1.87 bits per heavy atom. The summed E-state index contributed by atoms with van der Waals surface area (Å²) < 4.78 is 11.3. The highest BCUT2D eigenvalue weighted by Crippen LogP contribution is 2.34. The summed E-state index contributed by atoms with van der Waals surface area (Å²) in [6.45, 7) is 9.05. The van der Waals surface area contributed by atoms with Gasteiger partial charge in [-0.2, -0.15) is 0 Å². The van der Waals surface area contributed by atoms with Gasteiger partial charge in [0.05, 0.1) is 18.8 Å². The van der Waals surface area contributed by atoms with E-state index >= 15 is 0 Å². The minimum absolute atomic E-state index is 0.0385. The summed E-state index contributed by atoms with van der Waals surface area (Å²) in [5.74, 6) is 2.69. The van der Waals surface area contributed by atoms with E-state index in [-0.39, 0.29) is 17.9 Å². The van der Waals surface area contributed by atoms with E-state index in [0.29, 0.717) is 19.8 Å². The van der Waals surface area contributed by atoms with Crippen LogP contribution in [0.25, 0.3) is 0 Å². The fraction of sp³-hybridized carbons (Fsp3) is 0.500. The summed E-state index contributed by atoms with van der Waals surface area (Å²) in [6.07, 6.45) is 5.17. The van der Waals surface area contributed by atoms with Gasteiger partial charge in [-0.05, 0) is 23.6 Å². The first-order chi connectivity index (χ1) is 14.6. The number of piperazine rings is 1. The van der Waals surface area contributed by atoms with E-state index in [9.17, 15) is 4.79 Å². The average molecular weight is 412 g/mol. The molecule has 1 saturated heterocycles. The molecule has 1 amide bonds. The molecule has 160 valence electrons. The number of carbonyl (C=O) groups excluding carboxylic acids is 1. The summed E-state index contributed by atoms with van der Waals surface area (Å²) in [5.41, 5.74) is 1.04. The number of carbonyl (C=O) groups is 1. The highest BCUT2D eigenvalue weighted by molar-refractivity contribution is 5.78. The number of fused-ring (bicyclic) bond motifs is 1. The third-order valence-corrected chi connectivity index (χ3v) is 5.52. The van der Waals surface area contributed by atoms with E-state index in [0.717, 1.165) is 49.1 Å². The Balaban J connectivity index is 1.33. The molecule has 2 aromatic rings. The molecule has 8 heteroatoms. The van der Waals surface area contributed by atoms with Crippen molar-refractivity contribution >= 4 is 11.7 Å². The van der Waals surface area contributed by atoms with Crippen LogP contribution in [0.4, 0.5) is 5.82 Å². The van der Waals surface area contributed by atoms with E-state index in [1.165, 1.54) is 0 Å². The molecule has 0 saturated carbocycles. The molecule has 1 atom stereocenters. The Bertz CT molecular complexity index is 853. The minimum atomic E-state index is -0.0748. The van der Waals surface area contributed by atoms with Crippen LogP contribution >= 0.6 is 0 Å². The first-order valence-corrected chi connectivity index (χ1v) is 10.5. The monoisotopic (exact) mass is 411 g/mol. The Labute approximate surface area is 177 Å². The van der Waals surface area contributed by atoms with Crippen molar-refractivity contribution in [3.8, 4) is 11.5 Å². The second-order valence-corrected chi connectivity index (χ2v) is 8.02. The van der Waals surface area contributed by atoms with Crippen LogP contribution in [0.1, 0.15) is 25.5 Å². The fourth-order valence-corrected chi connectivity index (χ4v) is 3.90. The molecule has 30 heavy (non-hydrogen) atoms. The number of nitrogens with zero attached hydrogens (tertiary/aromatic N) is 4. The van der Waals surface area contributed by atoms with Gasteiger partial charge in [-0.3, -0.25) is 14.7 Å². The molecular formula is C22H29N5O3. The Morgan fingerprint density at radius 1 is 1.10 bits per heavy atom. The first kappa shape index (κ1) is 20.4. The lowest BCUT2D eigenvalue weighted by Gasteiger charge is -2.35. The van der Waals surface area contributed by atoms with Crippen molar-refractivity contribution in [2.24, 2.45) is 5.92 Å². The van der Waals surface area contributed by atoms with Gasteiger partial charge in [0.25, 0.3) is 0 Å². The average Bonchev–Trinajstić information content (AvgIpc) is 2.78. The maximum atomic E-state index is 12.8. The van der Waals surface area contributed by atoms with Gasteiger partial charge in [0, 0.05) is 38.6 Å². The van der Waals surface area contributed by atoms with Gasteiger partial charge in [-0.1, -0.05) is 19.9 Å². The molecule has 2 aliphatic heterocycles. The van der Waals surface area contributed by atoms with Crippen LogP contribution in [0, 0.1) is 5.92 Å². The molecule has 0 spiro atoms. The van der Waals surface area contributed by atoms with Crippen LogP contribution in [0.5, 0.6) is 11.5 Å². The van der Waals surface area contributed by atoms with Gasteiger partial charge in [0.15, 0.2) is 11.5 Å². The number of hydrogen-bond acceptors (Lipinski definition) is 7. The van der Waals surface area contributed by atoms with E-state index in [2.05, 4.69) is 38.9 Å². The van der Waals surface area contributed by atoms with Crippen molar-refractivity contribution in [3.05, 3.63) is 42.4 Å². The molecular weight excluding hydrogens is 382 g/mol. The molecule has 0 radical (unpaired) electrons. The molecule has 8 nitrogen and oxygen atoms in total. The molecule has 0 aliphatic carbocycles. The number of hydrogen-bond donors (Lipinski definition) is 1. The van der Waals surface area contributed by atoms with Crippen molar-refractivity contribution in [2.75, 3.05) is 50.8 Å². The van der Waals surface area contributed by atoms with Crippen LogP contribution < -0.4 is 19.7 Å². The summed E-state index contributed by atoms with van der Waals surface area (Å²) >= 11 is 0. The van der Waals surface area contributed by atoms with Crippen LogP contribution in [-0.4, -0.2) is 66.7 Å². The molecule has 1 aromatic heterocycles. The quantitative estimate of drug-likeness (QED) is 0.777. The standard InChI is InChI=1S/C22H29N5O3/c1-16(2)22(17-3-4-18-19(13-17)30-12-11-29-18)25-21(28)15-26-7-9-27(10-8-26)20-14-23-5-6-24-20/h3-6,13-14,16,22H,7-12,15H2,1-2H3,(H,25,28). The van der Waals surface area contributed by atoms with Crippen molar-refractivity contribution in [2.45, 2.75) is 19.9 Å². The lowest BCUT2D eigenvalue weighted by molar-refractivity contribution is -0.123. The van der Waals surface area contributed by atoms with Crippen molar-refractivity contribution in [1.82, 2.24) is 20.2 Å². The summed E-state index contributed by atoms with van der Waals surface area (Å²) in [5, 5.41) is 3.22. The molecule has 1 fully saturated rings. The molecule has 1 N–H and O–H groups in total.